The summed E-state index contributed by atoms with van der Waals surface area (Å²) in [5.74, 6) is 0. The molecular formula is C16H25BrN2O. The van der Waals surface area contributed by atoms with Crippen LogP contribution < -0.4 is 10.2 Å². The maximum Gasteiger partial charge on any atom is 0.0668 e. The Kier molecular flexibility index (Phi) is 5.10. The summed E-state index contributed by atoms with van der Waals surface area (Å²) in [4.78, 5) is 2.41. The number of halogens is 1. The van der Waals surface area contributed by atoms with E-state index in [1.165, 1.54) is 15.7 Å². The molecule has 1 unspecified atom stereocenters. The first kappa shape index (κ1) is 15.8. The fourth-order valence-electron chi connectivity index (χ4n) is 2.35. The molecule has 0 radical (unpaired) electrons. The fourth-order valence-corrected chi connectivity index (χ4v) is 3.00. The molecule has 1 aromatic carbocycles. The number of nitrogens with zero attached hydrogens (tertiary/aromatic N) is 1. The Balaban J connectivity index is 2.09. The molecule has 1 saturated heterocycles. The number of ether oxygens (including phenoxy) is 1. The molecule has 0 spiro atoms. The lowest BCUT2D eigenvalue weighted by atomic mass is 10.1. The van der Waals surface area contributed by atoms with Crippen LogP contribution in [0.2, 0.25) is 0 Å². The van der Waals surface area contributed by atoms with Crippen LogP contribution in [0.5, 0.6) is 0 Å². The van der Waals surface area contributed by atoms with E-state index in [-0.39, 0.29) is 5.54 Å². The maximum atomic E-state index is 5.51. The minimum absolute atomic E-state index is 0.143. The minimum Gasteiger partial charge on any atom is -0.377 e. The van der Waals surface area contributed by atoms with Crippen molar-refractivity contribution in [2.24, 2.45) is 0 Å². The van der Waals surface area contributed by atoms with Gasteiger partial charge in [-0.2, -0.15) is 0 Å². The number of benzene rings is 1. The second-order valence-electron chi connectivity index (χ2n) is 6.51. The van der Waals surface area contributed by atoms with Crippen LogP contribution in [0.15, 0.2) is 22.7 Å². The van der Waals surface area contributed by atoms with E-state index in [4.69, 9.17) is 4.74 Å². The van der Waals surface area contributed by atoms with Gasteiger partial charge in [-0.05, 0) is 61.3 Å². The third kappa shape index (κ3) is 4.21. The third-order valence-electron chi connectivity index (χ3n) is 3.51. The molecule has 2 rings (SSSR count). The lowest BCUT2D eigenvalue weighted by Gasteiger charge is -2.36. The normalized spacial score (nSPS) is 20.2. The van der Waals surface area contributed by atoms with Crippen molar-refractivity contribution in [1.82, 2.24) is 5.32 Å². The molecule has 3 nitrogen and oxygen atoms in total. The molecule has 20 heavy (non-hydrogen) atoms. The van der Waals surface area contributed by atoms with Crippen molar-refractivity contribution in [2.45, 2.75) is 45.8 Å². The number of rotatable bonds is 3. The summed E-state index contributed by atoms with van der Waals surface area (Å²) < 4.78 is 6.67. The predicted octanol–water partition coefficient (Wildman–Crippen LogP) is 3.56. The Hall–Kier alpha value is -0.580. The molecule has 4 heteroatoms. The monoisotopic (exact) mass is 340 g/mol. The van der Waals surface area contributed by atoms with E-state index in [2.05, 4.69) is 72.0 Å². The largest absolute Gasteiger partial charge is 0.377 e. The van der Waals surface area contributed by atoms with Gasteiger partial charge in [0.05, 0.1) is 18.9 Å². The Morgan fingerprint density at radius 2 is 2.15 bits per heavy atom. The van der Waals surface area contributed by atoms with Crippen LogP contribution >= 0.6 is 15.9 Å². The molecule has 0 saturated carbocycles. The summed E-state index contributed by atoms with van der Waals surface area (Å²) in [7, 11) is 0. The van der Waals surface area contributed by atoms with Gasteiger partial charge in [0.1, 0.15) is 0 Å². The third-order valence-corrected chi connectivity index (χ3v) is 4.15. The first-order valence-corrected chi connectivity index (χ1v) is 8.04. The lowest BCUT2D eigenvalue weighted by Crippen LogP contribution is -2.43. The van der Waals surface area contributed by atoms with Crippen molar-refractivity contribution in [1.29, 1.82) is 0 Å². The number of hydrogen-bond acceptors (Lipinski definition) is 3. The smallest absolute Gasteiger partial charge is 0.0668 e. The highest BCUT2D eigenvalue weighted by molar-refractivity contribution is 9.10. The number of morpholine rings is 1. The number of anilines is 1. The van der Waals surface area contributed by atoms with E-state index >= 15 is 0 Å². The van der Waals surface area contributed by atoms with E-state index in [0.717, 1.165) is 26.3 Å². The Labute approximate surface area is 130 Å². The molecule has 0 aliphatic carbocycles. The highest BCUT2D eigenvalue weighted by Crippen LogP contribution is 2.30. The summed E-state index contributed by atoms with van der Waals surface area (Å²) in [6, 6.07) is 7.07. The molecule has 112 valence electrons. The number of hydrogen-bond donors (Lipinski definition) is 1. The molecule has 1 aliphatic rings. The highest BCUT2D eigenvalue weighted by atomic mass is 79.9. The summed E-state index contributed by atoms with van der Waals surface area (Å²) in [6.45, 7) is 12.2. The zero-order chi connectivity index (χ0) is 14.8. The zero-order valence-corrected chi connectivity index (χ0v) is 14.5. The van der Waals surface area contributed by atoms with Crippen molar-refractivity contribution < 1.29 is 4.74 Å². The minimum atomic E-state index is 0.143. The van der Waals surface area contributed by atoms with Crippen LogP contribution in [0.1, 0.15) is 33.3 Å². The zero-order valence-electron chi connectivity index (χ0n) is 12.9. The molecule has 1 aliphatic heterocycles. The van der Waals surface area contributed by atoms with Crippen LogP contribution in [0.25, 0.3) is 0 Å². The van der Waals surface area contributed by atoms with Crippen molar-refractivity contribution in [3.8, 4) is 0 Å². The van der Waals surface area contributed by atoms with Crippen LogP contribution in [0, 0.1) is 0 Å². The number of nitrogens with one attached hydrogen (secondary N) is 1. The molecule has 0 amide bonds. The Morgan fingerprint density at radius 3 is 2.75 bits per heavy atom. The molecular weight excluding hydrogens is 316 g/mol. The SMILES string of the molecule is CC1COCCN1c1ccc(CNC(C)(C)C)cc1Br. The quantitative estimate of drug-likeness (QED) is 0.910. The van der Waals surface area contributed by atoms with E-state index in [9.17, 15) is 0 Å². The van der Waals surface area contributed by atoms with Gasteiger partial charge in [-0.1, -0.05) is 6.07 Å². The summed E-state index contributed by atoms with van der Waals surface area (Å²) in [5.41, 5.74) is 2.71. The van der Waals surface area contributed by atoms with E-state index in [1.54, 1.807) is 0 Å². The topological polar surface area (TPSA) is 24.5 Å². The highest BCUT2D eigenvalue weighted by Gasteiger charge is 2.21. The average molecular weight is 341 g/mol. The van der Waals surface area contributed by atoms with Gasteiger partial charge < -0.3 is 15.0 Å². The van der Waals surface area contributed by atoms with Gasteiger partial charge in [0.2, 0.25) is 0 Å². The lowest BCUT2D eigenvalue weighted by molar-refractivity contribution is 0.0989. The van der Waals surface area contributed by atoms with Gasteiger partial charge in [-0.25, -0.2) is 0 Å². The molecule has 1 atom stereocenters. The molecule has 1 N–H and O–H groups in total. The van der Waals surface area contributed by atoms with Crippen molar-refractivity contribution in [3.63, 3.8) is 0 Å². The van der Waals surface area contributed by atoms with E-state index in [1.807, 2.05) is 0 Å². The van der Waals surface area contributed by atoms with E-state index in [0.29, 0.717) is 6.04 Å². The second kappa shape index (κ2) is 6.46. The molecule has 1 heterocycles. The first-order chi connectivity index (χ1) is 9.37. The van der Waals surface area contributed by atoms with E-state index < -0.39 is 0 Å². The summed E-state index contributed by atoms with van der Waals surface area (Å²) >= 11 is 3.72. The van der Waals surface area contributed by atoms with Gasteiger partial charge in [-0.15, -0.1) is 0 Å². The van der Waals surface area contributed by atoms with Crippen molar-refractivity contribution >= 4 is 21.6 Å². The van der Waals surface area contributed by atoms with Crippen molar-refractivity contribution in [3.05, 3.63) is 28.2 Å². The van der Waals surface area contributed by atoms with Crippen molar-refractivity contribution in [2.75, 3.05) is 24.7 Å². The molecule has 1 aromatic rings. The van der Waals surface area contributed by atoms with Gasteiger partial charge in [0.25, 0.3) is 0 Å². The Morgan fingerprint density at radius 1 is 1.40 bits per heavy atom. The van der Waals surface area contributed by atoms with Crippen LogP contribution in [0.3, 0.4) is 0 Å². The summed E-state index contributed by atoms with van der Waals surface area (Å²) in [6.07, 6.45) is 0. The van der Waals surface area contributed by atoms with Gasteiger partial charge in [0, 0.05) is 29.1 Å². The second-order valence-corrected chi connectivity index (χ2v) is 7.36. The van der Waals surface area contributed by atoms with Crippen LogP contribution in [-0.4, -0.2) is 31.3 Å². The molecule has 1 fully saturated rings. The predicted molar refractivity (Wildman–Crippen MR) is 88.4 cm³/mol. The standard InChI is InChI=1S/C16H25BrN2O/c1-12-11-20-8-7-19(12)15-6-5-13(9-14(15)17)10-18-16(2,3)4/h5-6,9,12,18H,7-8,10-11H2,1-4H3. The van der Waals surface area contributed by atoms with Crippen LogP contribution in [-0.2, 0) is 11.3 Å². The fraction of sp³-hybridized carbons (Fsp3) is 0.625. The summed E-state index contributed by atoms with van der Waals surface area (Å²) in [5, 5.41) is 3.52. The molecule has 0 aromatic heterocycles. The Bertz CT molecular complexity index is 456. The first-order valence-electron chi connectivity index (χ1n) is 7.25. The van der Waals surface area contributed by atoms with Gasteiger partial charge in [-0.3, -0.25) is 0 Å². The van der Waals surface area contributed by atoms with Crippen LogP contribution in [0.4, 0.5) is 5.69 Å². The maximum absolute atomic E-state index is 5.51. The average Bonchev–Trinajstić information content (AvgIpc) is 2.37. The molecule has 0 bridgehead atoms. The van der Waals surface area contributed by atoms with Gasteiger partial charge in [0.15, 0.2) is 0 Å². The van der Waals surface area contributed by atoms with Gasteiger partial charge >= 0.3 is 0 Å².